The van der Waals surface area contributed by atoms with Gasteiger partial charge in [-0.05, 0) is 55.7 Å². The first-order valence-corrected chi connectivity index (χ1v) is 12.0. The van der Waals surface area contributed by atoms with Gasteiger partial charge in [0.15, 0.2) is 5.13 Å². The van der Waals surface area contributed by atoms with Crippen LogP contribution < -0.4 is 4.90 Å². The third-order valence-corrected chi connectivity index (χ3v) is 7.03. The quantitative estimate of drug-likeness (QED) is 0.488. The third-order valence-electron chi connectivity index (χ3n) is 5.99. The molecular weight excluding hydrogens is 438 g/mol. The molecule has 0 N–H and O–H groups in total. The van der Waals surface area contributed by atoms with Gasteiger partial charge >= 0.3 is 5.97 Å². The Morgan fingerprint density at radius 3 is 2.55 bits per heavy atom. The van der Waals surface area contributed by atoms with E-state index in [-0.39, 0.29) is 11.5 Å². The van der Waals surface area contributed by atoms with Gasteiger partial charge in [-0.15, -0.1) is 0 Å². The second-order valence-corrected chi connectivity index (χ2v) is 9.21. The molecule has 2 heterocycles. The van der Waals surface area contributed by atoms with Crippen LogP contribution in [0, 0.1) is 13.8 Å². The van der Waals surface area contributed by atoms with Crippen molar-refractivity contribution in [3.63, 3.8) is 0 Å². The third kappa shape index (κ3) is 5.24. The molecule has 1 aliphatic rings. The minimum absolute atomic E-state index is 0.245. The zero-order chi connectivity index (χ0) is 23.4. The summed E-state index contributed by atoms with van der Waals surface area (Å²) in [6.45, 7) is 8.80. The molecule has 0 aliphatic carbocycles. The molecule has 0 atom stereocenters. The molecule has 0 saturated carbocycles. The molecule has 7 nitrogen and oxygen atoms in total. The van der Waals surface area contributed by atoms with Crippen LogP contribution in [0.1, 0.15) is 38.3 Å². The van der Waals surface area contributed by atoms with E-state index >= 15 is 0 Å². The molecule has 1 amide bonds. The first-order valence-electron chi connectivity index (χ1n) is 11.1. The molecule has 2 aromatic carbocycles. The molecule has 0 unspecified atom stereocenters. The van der Waals surface area contributed by atoms with Gasteiger partial charge in [-0.3, -0.25) is 14.6 Å². The number of aromatic nitrogens is 1. The summed E-state index contributed by atoms with van der Waals surface area (Å²) in [7, 11) is 1.32. The maximum absolute atomic E-state index is 13.7. The number of aryl methyl sites for hydroxylation is 2. The van der Waals surface area contributed by atoms with E-state index < -0.39 is 5.97 Å². The van der Waals surface area contributed by atoms with Crippen molar-refractivity contribution in [3.05, 3.63) is 58.7 Å². The van der Waals surface area contributed by atoms with Crippen LogP contribution in [0.2, 0.25) is 0 Å². The number of nitrogens with zero attached hydrogens (tertiary/aromatic N) is 3. The fraction of sp³-hybridized carbons (Fsp3) is 0.400. The van der Waals surface area contributed by atoms with Gasteiger partial charge in [-0.25, -0.2) is 9.78 Å². The molecule has 1 saturated heterocycles. The lowest BCUT2D eigenvalue weighted by Crippen LogP contribution is -2.39. The summed E-state index contributed by atoms with van der Waals surface area (Å²) in [6.07, 6.45) is 0.792. The normalized spacial score (nSPS) is 14.4. The van der Waals surface area contributed by atoms with Crippen LogP contribution in [0.4, 0.5) is 5.13 Å². The van der Waals surface area contributed by atoms with Crippen LogP contribution in [-0.4, -0.2) is 68.3 Å². The van der Waals surface area contributed by atoms with Gasteiger partial charge in [0.2, 0.25) is 0 Å². The van der Waals surface area contributed by atoms with Gasteiger partial charge in [0.1, 0.15) is 0 Å². The van der Waals surface area contributed by atoms with E-state index in [1.165, 1.54) is 29.6 Å². The molecule has 1 aliphatic heterocycles. The van der Waals surface area contributed by atoms with E-state index in [1.807, 2.05) is 0 Å². The molecule has 174 valence electrons. The van der Waals surface area contributed by atoms with Crippen molar-refractivity contribution in [1.29, 1.82) is 0 Å². The van der Waals surface area contributed by atoms with Crippen molar-refractivity contribution < 1.29 is 19.1 Å². The van der Waals surface area contributed by atoms with Crippen LogP contribution in [0.25, 0.3) is 10.2 Å². The Bertz CT molecular complexity index is 1110. The highest BCUT2D eigenvalue weighted by atomic mass is 32.1. The second-order valence-electron chi connectivity index (χ2n) is 8.20. The van der Waals surface area contributed by atoms with E-state index in [0.717, 1.165) is 49.5 Å². The molecule has 1 aromatic heterocycles. The minimum atomic E-state index is -0.525. The Kier molecular flexibility index (Phi) is 7.37. The average Bonchev–Trinajstić information content (AvgIpc) is 3.24. The van der Waals surface area contributed by atoms with Crippen LogP contribution in [0.5, 0.6) is 0 Å². The van der Waals surface area contributed by atoms with Gasteiger partial charge in [0, 0.05) is 26.2 Å². The lowest BCUT2D eigenvalue weighted by atomic mass is 10.1. The molecule has 8 heteroatoms. The van der Waals surface area contributed by atoms with Crippen LogP contribution in [0.3, 0.4) is 0 Å². The highest BCUT2D eigenvalue weighted by Crippen LogP contribution is 2.32. The molecule has 1 fully saturated rings. The number of ether oxygens (including phenoxy) is 2. The van der Waals surface area contributed by atoms with Gasteiger partial charge in [-0.2, -0.15) is 0 Å². The van der Waals surface area contributed by atoms with Gasteiger partial charge in [0.25, 0.3) is 5.91 Å². The van der Waals surface area contributed by atoms with Crippen molar-refractivity contribution in [2.45, 2.75) is 20.3 Å². The number of carbonyl (C=O) groups excluding carboxylic acids is 2. The Labute approximate surface area is 197 Å². The van der Waals surface area contributed by atoms with Crippen molar-refractivity contribution in [1.82, 2.24) is 9.88 Å². The lowest BCUT2D eigenvalue weighted by Gasteiger charge is -2.28. The Hall–Kier alpha value is -2.81. The highest BCUT2D eigenvalue weighted by Gasteiger charge is 2.26. The average molecular weight is 468 g/mol. The number of carbonyl (C=O) groups is 2. The van der Waals surface area contributed by atoms with E-state index in [0.29, 0.717) is 17.2 Å². The molecule has 4 rings (SSSR count). The zero-order valence-electron chi connectivity index (χ0n) is 19.3. The number of esters is 1. The topological polar surface area (TPSA) is 72.0 Å². The lowest BCUT2D eigenvalue weighted by molar-refractivity contribution is 0.0376. The van der Waals surface area contributed by atoms with Crippen LogP contribution in [-0.2, 0) is 9.47 Å². The summed E-state index contributed by atoms with van der Waals surface area (Å²) in [5, 5.41) is 0.640. The first-order chi connectivity index (χ1) is 16.0. The van der Waals surface area contributed by atoms with Crippen molar-refractivity contribution in [3.8, 4) is 0 Å². The number of benzene rings is 2. The molecule has 0 spiro atoms. The highest BCUT2D eigenvalue weighted by molar-refractivity contribution is 7.22. The number of fused-ring (bicyclic) bond motifs is 1. The number of morpholine rings is 1. The van der Waals surface area contributed by atoms with Crippen LogP contribution in [0.15, 0.2) is 36.4 Å². The van der Waals surface area contributed by atoms with Crippen molar-refractivity contribution >= 4 is 38.6 Å². The number of rotatable bonds is 7. The zero-order valence-corrected chi connectivity index (χ0v) is 20.1. The Morgan fingerprint density at radius 2 is 1.82 bits per heavy atom. The smallest absolute Gasteiger partial charge is 0.338 e. The molecule has 0 radical (unpaired) electrons. The number of thiazole rings is 1. The van der Waals surface area contributed by atoms with Gasteiger partial charge in [-0.1, -0.05) is 23.5 Å². The Balaban J connectivity index is 1.65. The standard InChI is InChI=1S/C25H29N3O4S/c1-17-15-21-22(16-18(17)2)33-25(26-21)28(10-6-9-27-11-13-32-14-12-27)23(29)19-7-4-5-8-20(19)24(30)31-3/h4-5,7-8,15-16H,6,9-14H2,1-3H3. The number of hydrogen-bond donors (Lipinski definition) is 0. The maximum Gasteiger partial charge on any atom is 0.338 e. The van der Waals surface area contributed by atoms with E-state index in [2.05, 4.69) is 30.9 Å². The van der Waals surface area contributed by atoms with Gasteiger partial charge in [0.05, 0.1) is 41.7 Å². The molecule has 0 bridgehead atoms. The number of methoxy groups -OCH3 is 1. The Morgan fingerprint density at radius 1 is 1.12 bits per heavy atom. The number of amides is 1. The largest absolute Gasteiger partial charge is 0.465 e. The van der Waals surface area contributed by atoms with Gasteiger partial charge < -0.3 is 9.47 Å². The summed E-state index contributed by atoms with van der Waals surface area (Å²) < 4.78 is 11.4. The van der Waals surface area contributed by atoms with E-state index in [9.17, 15) is 9.59 Å². The molecule has 3 aromatic rings. The van der Waals surface area contributed by atoms with E-state index in [4.69, 9.17) is 14.5 Å². The summed E-state index contributed by atoms with van der Waals surface area (Å²) >= 11 is 1.50. The second kappa shape index (κ2) is 10.4. The number of anilines is 1. The fourth-order valence-corrected chi connectivity index (χ4v) is 5.02. The van der Waals surface area contributed by atoms with Crippen molar-refractivity contribution in [2.24, 2.45) is 0 Å². The maximum atomic E-state index is 13.7. The summed E-state index contributed by atoms with van der Waals surface area (Å²) in [5.41, 5.74) is 3.82. The predicted octanol–water partition coefficient (Wildman–Crippen LogP) is 4.07. The predicted molar refractivity (Wildman–Crippen MR) is 130 cm³/mol. The monoisotopic (exact) mass is 467 g/mol. The van der Waals surface area contributed by atoms with E-state index in [1.54, 1.807) is 29.2 Å². The molecule has 33 heavy (non-hydrogen) atoms. The SMILES string of the molecule is COC(=O)c1ccccc1C(=O)N(CCCN1CCOCC1)c1nc2cc(C)c(C)cc2s1. The minimum Gasteiger partial charge on any atom is -0.465 e. The number of hydrogen-bond acceptors (Lipinski definition) is 7. The molecular formula is C25H29N3O4S. The van der Waals surface area contributed by atoms with Crippen molar-refractivity contribution in [2.75, 3.05) is 51.4 Å². The summed E-state index contributed by atoms with van der Waals surface area (Å²) in [4.78, 5) is 34.9. The summed E-state index contributed by atoms with van der Waals surface area (Å²) in [6, 6.07) is 11.0. The summed E-state index contributed by atoms with van der Waals surface area (Å²) in [5.74, 6) is -0.770. The first kappa shape index (κ1) is 23.4. The van der Waals surface area contributed by atoms with Crippen LogP contribution >= 0.6 is 11.3 Å². The fourth-order valence-electron chi connectivity index (χ4n) is 3.95.